The van der Waals surface area contributed by atoms with Gasteiger partial charge in [0.05, 0.1) is 19.8 Å². The predicted molar refractivity (Wildman–Crippen MR) is 86.1 cm³/mol. The van der Waals surface area contributed by atoms with Crippen LogP contribution in [0.5, 0.6) is 0 Å². The molecule has 6 nitrogen and oxygen atoms in total. The molecule has 1 saturated carbocycles. The highest BCUT2D eigenvalue weighted by Crippen LogP contribution is 2.36. The Labute approximate surface area is 135 Å². The van der Waals surface area contributed by atoms with E-state index in [2.05, 4.69) is 39.7 Å². The molecule has 0 unspecified atom stereocenters. The molecule has 4 rings (SSSR count). The minimum absolute atomic E-state index is 0.293. The van der Waals surface area contributed by atoms with Gasteiger partial charge in [-0.05, 0) is 24.5 Å². The fourth-order valence-corrected chi connectivity index (χ4v) is 3.50. The van der Waals surface area contributed by atoms with Crippen molar-refractivity contribution in [2.24, 2.45) is 0 Å². The summed E-state index contributed by atoms with van der Waals surface area (Å²) in [5.74, 6) is -0.293. The van der Waals surface area contributed by atoms with Crippen molar-refractivity contribution in [3.63, 3.8) is 0 Å². The predicted octanol–water partition coefficient (Wildman–Crippen LogP) is 2.42. The minimum Gasteiger partial charge on any atom is -0.382 e. The molecule has 0 bridgehead atoms. The summed E-state index contributed by atoms with van der Waals surface area (Å²) in [7, 11) is 0. The molecule has 0 amide bonds. The summed E-state index contributed by atoms with van der Waals surface area (Å²) in [6, 6.07) is 8.87. The van der Waals surface area contributed by atoms with Crippen LogP contribution in [0.3, 0.4) is 0 Å². The van der Waals surface area contributed by atoms with Gasteiger partial charge in [-0.2, -0.15) is 5.10 Å². The van der Waals surface area contributed by atoms with Crippen molar-refractivity contribution in [3.8, 4) is 0 Å². The van der Waals surface area contributed by atoms with Crippen LogP contribution in [0.1, 0.15) is 31.2 Å². The minimum atomic E-state index is -0.293. The topological polar surface area (TPSA) is 61.2 Å². The highest BCUT2D eigenvalue weighted by Gasteiger charge is 2.40. The molecule has 122 valence electrons. The van der Waals surface area contributed by atoms with Gasteiger partial charge in [0.15, 0.2) is 5.79 Å². The van der Waals surface area contributed by atoms with E-state index in [4.69, 9.17) is 9.47 Å². The first kappa shape index (κ1) is 14.7. The number of aromatic nitrogens is 3. The number of hydrogen-bond acceptors (Lipinski definition) is 5. The van der Waals surface area contributed by atoms with Crippen molar-refractivity contribution in [1.82, 2.24) is 14.8 Å². The van der Waals surface area contributed by atoms with Crippen LogP contribution in [0.4, 0.5) is 5.69 Å². The number of nitrogens with zero attached hydrogens (tertiary/aromatic N) is 3. The molecule has 2 fully saturated rings. The second-order valence-corrected chi connectivity index (χ2v) is 6.28. The van der Waals surface area contributed by atoms with E-state index in [1.807, 2.05) is 4.68 Å². The number of benzene rings is 1. The van der Waals surface area contributed by atoms with Gasteiger partial charge in [0.2, 0.25) is 0 Å². The Kier molecular flexibility index (Phi) is 4.01. The average molecular weight is 314 g/mol. The molecule has 0 atom stereocenters. The maximum Gasteiger partial charge on any atom is 0.168 e. The fourth-order valence-electron chi connectivity index (χ4n) is 3.50. The normalized spacial score (nSPS) is 20.9. The third-order valence-electron chi connectivity index (χ3n) is 4.74. The Morgan fingerprint density at radius 2 is 1.96 bits per heavy atom. The summed E-state index contributed by atoms with van der Waals surface area (Å²) in [6.45, 7) is 2.20. The van der Waals surface area contributed by atoms with Crippen LogP contribution in [0, 0.1) is 0 Å². The molecule has 1 saturated heterocycles. The van der Waals surface area contributed by atoms with Crippen molar-refractivity contribution < 1.29 is 9.47 Å². The van der Waals surface area contributed by atoms with E-state index < -0.39 is 0 Å². The van der Waals surface area contributed by atoms with E-state index in [-0.39, 0.29) is 5.79 Å². The largest absolute Gasteiger partial charge is 0.382 e. The molecule has 1 aromatic heterocycles. The Hall–Kier alpha value is -1.92. The van der Waals surface area contributed by atoms with Crippen LogP contribution < -0.4 is 5.32 Å². The molecular formula is C17H22N4O2. The first-order valence-corrected chi connectivity index (χ1v) is 8.28. The van der Waals surface area contributed by atoms with E-state index in [1.165, 1.54) is 11.3 Å². The molecule has 2 aliphatic rings. The van der Waals surface area contributed by atoms with Gasteiger partial charge in [0.1, 0.15) is 12.7 Å². The molecule has 2 aromatic rings. The smallest absolute Gasteiger partial charge is 0.168 e. The number of hydrogen-bond donors (Lipinski definition) is 1. The maximum atomic E-state index is 5.81. The number of para-hydroxylation sites is 1. The average Bonchev–Trinajstić information content (AvgIpc) is 3.24. The van der Waals surface area contributed by atoms with Crippen LogP contribution in [0.15, 0.2) is 36.9 Å². The van der Waals surface area contributed by atoms with Gasteiger partial charge < -0.3 is 14.8 Å². The molecule has 1 spiro atoms. The molecule has 1 N–H and O–H groups in total. The zero-order valence-corrected chi connectivity index (χ0v) is 13.1. The highest BCUT2D eigenvalue weighted by atomic mass is 16.7. The zero-order chi connectivity index (χ0) is 15.5. The molecule has 1 aromatic carbocycles. The number of anilines is 1. The van der Waals surface area contributed by atoms with E-state index in [0.29, 0.717) is 6.04 Å². The molecule has 6 heteroatoms. The number of ether oxygens (including phenoxy) is 2. The first-order valence-electron chi connectivity index (χ1n) is 8.28. The fraction of sp³-hybridized carbons (Fsp3) is 0.529. The Balaban J connectivity index is 1.41. The van der Waals surface area contributed by atoms with Gasteiger partial charge in [-0.3, -0.25) is 0 Å². The molecule has 0 radical (unpaired) electrons. The number of rotatable bonds is 4. The highest BCUT2D eigenvalue weighted by molar-refractivity contribution is 5.51. The molecule has 23 heavy (non-hydrogen) atoms. The lowest BCUT2D eigenvalue weighted by Crippen LogP contribution is -2.39. The first-order chi connectivity index (χ1) is 11.3. The molecule has 1 aliphatic carbocycles. The van der Waals surface area contributed by atoms with Gasteiger partial charge in [-0.1, -0.05) is 18.2 Å². The van der Waals surface area contributed by atoms with E-state index >= 15 is 0 Å². The van der Waals surface area contributed by atoms with E-state index in [0.717, 1.165) is 45.4 Å². The van der Waals surface area contributed by atoms with E-state index in [9.17, 15) is 0 Å². The second kappa shape index (κ2) is 6.29. The Morgan fingerprint density at radius 3 is 2.70 bits per heavy atom. The van der Waals surface area contributed by atoms with Gasteiger partial charge in [0, 0.05) is 24.6 Å². The third kappa shape index (κ3) is 3.23. The van der Waals surface area contributed by atoms with Crippen molar-refractivity contribution in [2.45, 2.75) is 44.1 Å². The Bertz CT molecular complexity index is 628. The summed E-state index contributed by atoms with van der Waals surface area (Å²) in [6.07, 6.45) is 7.38. The summed E-state index contributed by atoms with van der Waals surface area (Å²) in [5, 5.41) is 7.89. The lowest BCUT2D eigenvalue weighted by molar-refractivity contribution is -0.177. The zero-order valence-electron chi connectivity index (χ0n) is 13.1. The van der Waals surface area contributed by atoms with Gasteiger partial charge >= 0.3 is 0 Å². The summed E-state index contributed by atoms with van der Waals surface area (Å²) in [5.41, 5.74) is 2.41. The van der Waals surface area contributed by atoms with Crippen molar-refractivity contribution in [3.05, 3.63) is 42.5 Å². The number of nitrogens with one attached hydrogen (secondary N) is 1. The monoisotopic (exact) mass is 314 g/mol. The van der Waals surface area contributed by atoms with Crippen molar-refractivity contribution in [2.75, 3.05) is 18.5 Å². The van der Waals surface area contributed by atoms with Crippen LogP contribution in [0.25, 0.3) is 0 Å². The van der Waals surface area contributed by atoms with Crippen LogP contribution in [-0.4, -0.2) is 39.8 Å². The standard InChI is InChI=1S/C17H22N4O2/c1-2-4-16(14(3-1)11-21-13-18-12-19-21)20-15-5-7-17(8-6-15)22-9-10-23-17/h1-4,12-13,15,20H,5-11H2. The summed E-state index contributed by atoms with van der Waals surface area (Å²) >= 11 is 0. The van der Waals surface area contributed by atoms with Gasteiger partial charge in [0.25, 0.3) is 0 Å². The molecular weight excluding hydrogens is 292 g/mol. The lowest BCUT2D eigenvalue weighted by Gasteiger charge is -2.36. The SMILES string of the molecule is c1ccc(NC2CCC3(CC2)OCCO3)c(Cn2cncn2)c1. The van der Waals surface area contributed by atoms with Crippen LogP contribution >= 0.6 is 0 Å². The molecule has 1 aliphatic heterocycles. The van der Waals surface area contributed by atoms with E-state index in [1.54, 1.807) is 12.7 Å². The van der Waals surface area contributed by atoms with Gasteiger partial charge in [-0.25, -0.2) is 9.67 Å². The quantitative estimate of drug-likeness (QED) is 0.939. The lowest BCUT2D eigenvalue weighted by atomic mass is 9.89. The molecule has 2 heterocycles. The third-order valence-corrected chi connectivity index (χ3v) is 4.74. The second-order valence-electron chi connectivity index (χ2n) is 6.28. The van der Waals surface area contributed by atoms with Crippen molar-refractivity contribution in [1.29, 1.82) is 0 Å². The summed E-state index contributed by atoms with van der Waals surface area (Å²) in [4.78, 5) is 4.01. The van der Waals surface area contributed by atoms with Crippen LogP contribution in [-0.2, 0) is 16.0 Å². The van der Waals surface area contributed by atoms with Crippen LogP contribution in [0.2, 0.25) is 0 Å². The maximum absolute atomic E-state index is 5.81. The summed E-state index contributed by atoms with van der Waals surface area (Å²) < 4.78 is 13.5. The van der Waals surface area contributed by atoms with Crippen molar-refractivity contribution >= 4 is 5.69 Å². The Morgan fingerprint density at radius 1 is 1.17 bits per heavy atom. The van der Waals surface area contributed by atoms with Gasteiger partial charge in [-0.15, -0.1) is 0 Å².